The minimum absolute atomic E-state index is 0.00205. The number of carbonyl (C=O) groups excluding carboxylic acids is 1. The Morgan fingerprint density at radius 1 is 1.00 bits per heavy atom. The lowest BCUT2D eigenvalue weighted by molar-refractivity contribution is -0.141. The first-order valence-corrected chi connectivity index (χ1v) is 9.27. The van der Waals surface area contributed by atoms with Gasteiger partial charge in [0, 0.05) is 6.42 Å². The molecule has 0 radical (unpaired) electrons. The van der Waals surface area contributed by atoms with E-state index in [0.717, 1.165) is 0 Å². The van der Waals surface area contributed by atoms with Crippen molar-refractivity contribution in [1.82, 2.24) is 0 Å². The Balaban J connectivity index is 2.06. The molecule has 0 aliphatic heterocycles. The van der Waals surface area contributed by atoms with E-state index in [1.165, 1.54) is 0 Å². The summed E-state index contributed by atoms with van der Waals surface area (Å²) in [6, 6.07) is 16.1. The van der Waals surface area contributed by atoms with Crippen molar-refractivity contribution in [3.8, 4) is 11.5 Å². The maximum absolute atomic E-state index is 11.3. The zero-order valence-corrected chi connectivity index (χ0v) is 15.8. The first kappa shape index (κ1) is 21.1. The summed E-state index contributed by atoms with van der Waals surface area (Å²) in [6.45, 7) is 0.256. The third-order valence-corrected chi connectivity index (χ3v) is 4.02. The van der Waals surface area contributed by atoms with Crippen LogP contribution in [0.4, 0.5) is 0 Å². The molecule has 0 saturated carbocycles. The lowest BCUT2D eigenvalue weighted by Crippen LogP contribution is -2.27. The highest BCUT2D eigenvalue weighted by Crippen LogP contribution is 2.26. The lowest BCUT2D eigenvalue weighted by atomic mass is 10.0. The van der Waals surface area contributed by atoms with Crippen molar-refractivity contribution in [1.29, 1.82) is 0 Å². The first-order chi connectivity index (χ1) is 13.1. The van der Waals surface area contributed by atoms with Gasteiger partial charge in [-0.1, -0.05) is 30.3 Å². The van der Waals surface area contributed by atoms with Gasteiger partial charge in [0.25, 0.3) is 0 Å². The number of ether oxygens (including phenoxy) is 3. The summed E-state index contributed by atoms with van der Waals surface area (Å²) >= 11 is 3.87. The third-order valence-electron chi connectivity index (χ3n) is 3.76. The number of aliphatic hydroxyl groups is 2. The van der Waals surface area contributed by atoms with Gasteiger partial charge in [0.1, 0.15) is 30.3 Å². The number of para-hydroxylation sites is 1. The third kappa shape index (κ3) is 7.13. The van der Waals surface area contributed by atoms with Gasteiger partial charge < -0.3 is 24.4 Å². The standard InChI is InChI=1S/C20H24O6S/c21-11-13-24-16-8-6-15(7-9-16)20(23)18(10-12-25-19(22)14-27)26-17-4-2-1-3-5-17/h1-9,18,20-21,23,27H,10-14H2/t18-,20-/m1/s1. The maximum atomic E-state index is 11.3. The molecule has 6 nitrogen and oxygen atoms in total. The van der Waals surface area contributed by atoms with E-state index in [-0.39, 0.29) is 25.6 Å². The molecular formula is C20H24O6S. The molecule has 0 unspecified atom stereocenters. The van der Waals surface area contributed by atoms with Crippen LogP contribution in [-0.2, 0) is 9.53 Å². The van der Waals surface area contributed by atoms with Gasteiger partial charge in [0.05, 0.1) is 19.0 Å². The van der Waals surface area contributed by atoms with E-state index < -0.39 is 18.2 Å². The van der Waals surface area contributed by atoms with Crippen molar-refractivity contribution in [2.24, 2.45) is 0 Å². The topological polar surface area (TPSA) is 85.2 Å². The number of rotatable bonds is 11. The van der Waals surface area contributed by atoms with Crippen LogP contribution >= 0.6 is 12.6 Å². The van der Waals surface area contributed by atoms with E-state index in [4.69, 9.17) is 19.3 Å². The molecule has 0 saturated heterocycles. The fourth-order valence-electron chi connectivity index (χ4n) is 2.43. The molecule has 0 amide bonds. The number of esters is 1. The van der Waals surface area contributed by atoms with E-state index in [0.29, 0.717) is 23.5 Å². The Morgan fingerprint density at radius 2 is 1.70 bits per heavy atom. The molecule has 2 N–H and O–H groups in total. The van der Waals surface area contributed by atoms with Crippen LogP contribution in [0, 0.1) is 0 Å². The van der Waals surface area contributed by atoms with Crippen molar-refractivity contribution in [2.45, 2.75) is 18.6 Å². The molecule has 0 aliphatic rings. The molecule has 0 spiro atoms. The molecular weight excluding hydrogens is 368 g/mol. The fraction of sp³-hybridized carbons (Fsp3) is 0.350. The summed E-state index contributed by atoms with van der Waals surface area (Å²) in [4.78, 5) is 11.3. The van der Waals surface area contributed by atoms with Crippen LogP contribution in [0.5, 0.6) is 11.5 Å². The van der Waals surface area contributed by atoms with Crippen molar-refractivity contribution < 1.29 is 29.2 Å². The molecule has 0 bridgehead atoms. The van der Waals surface area contributed by atoms with Gasteiger partial charge in [-0.05, 0) is 29.8 Å². The second-order valence-electron chi connectivity index (χ2n) is 5.72. The Hall–Kier alpha value is -2.22. The molecule has 7 heteroatoms. The predicted octanol–water partition coefficient (Wildman–Crippen LogP) is 2.40. The van der Waals surface area contributed by atoms with Gasteiger partial charge in [0.2, 0.25) is 0 Å². The summed E-state index contributed by atoms with van der Waals surface area (Å²) in [5.41, 5.74) is 0.646. The average molecular weight is 392 g/mol. The van der Waals surface area contributed by atoms with Gasteiger partial charge in [-0.3, -0.25) is 4.79 Å². The molecule has 0 aromatic heterocycles. The van der Waals surface area contributed by atoms with E-state index in [1.807, 2.05) is 18.2 Å². The van der Waals surface area contributed by atoms with Crippen LogP contribution < -0.4 is 9.47 Å². The van der Waals surface area contributed by atoms with Gasteiger partial charge in [0.15, 0.2) is 0 Å². The van der Waals surface area contributed by atoms with E-state index in [1.54, 1.807) is 36.4 Å². The monoisotopic (exact) mass is 392 g/mol. The average Bonchev–Trinajstić information content (AvgIpc) is 2.72. The zero-order chi connectivity index (χ0) is 19.5. The molecule has 0 heterocycles. The van der Waals surface area contributed by atoms with Crippen LogP contribution in [0.25, 0.3) is 0 Å². The van der Waals surface area contributed by atoms with Crippen LogP contribution in [0.2, 0.25) is 0 Å². The number of hydrogen-bond donors (Lipinski definition) is 3. The molecule has 2 rings (SSSR count). The van der Waals surface area contributed by atoms with Crippen LogP contribution in [0.15, 0.2) is 54.6 Å². The smallest absolute Gasteiger partial charge is 0.315 e. The number of benzene rings is 2. The molecule has 2 atom stereocenters. The van der Waals surface area contributed by atoms with E-state index >= 15 is 0 Å². The van der Waals surface area contributed by atoms with Gasteiger partial charge in [-0.2, -0.15) is 12.6 Å². The lowest BCUT2D eigenvalue weighted by Gasteiger charge is -2.24. The quantitative estimate of drug-likeness (QED) is 0.402. The second-order valence-corrected chi connectivity index (χ2v) is 6.04. The number of thiol groups is 1. The molecule has 2 aromatic carbocycles. The van der Waals surface area contributed by atoms with Gasteiger partial charge in [-0.15, -0.1) is 0 Å². The molecule has 146 valence electrons. The van der Waals surface area contributed by atoms with Gasteiger partial charge >= 0.3 is 5.97 Å². The SMILES string of the molecule is O=C(CS)OCC[C@@H](Oc1ccccc1)[C@H](O)c1ccc(OCCO)cc1. The summed E-state index contributed by atoms with van der Waals surface area (Å²) in [6.07, 6.45) is -1.21. The normalized spacial score (nSPS) is 12.9. The number of hydrogen-bond acceptors (Lipinski definition) is 7. The van der Waals surface area contributed by atoms with E-state index in [2.05, 4.69) is 12.6 Å². The van der Waals surface area contributed by atoms with Crippen LogP contribution in [-0.4, -0.2) is 47.9 Å². The van der Waals surface area contributed by atoms with E-state index in [9.17, 15) is 9.90 Å². The van der Waals surface area contributed by atoms with Crippen molar-refractivity contribution in [3.63, 3.8) is 0 Å². The highest BCUT2D eigenvalue weighted by Gasteiger charge is 2.23. The zero-order valence-electron chi connectivity index (χ0n) is 14.9. The molecule has 0 fully saturated rings. The second kappa shape index (κ2) is 11.5. The Bertz CT molecular complexity index is 677. The first-order valence-electron chi connectivity index (χ1n) is 8.64. The number of carbonyl (C=O) groups is 1. The number of aliphatic hydroxyl groups excluding tert-OH is 2. The minimum Gasteiger partial charge on any atom is -0.491 e. The Labute approximate surface area is 164 Å². The summed E-state index contributed by atoms with van der Waals surface area (Å²) in [7, 11) is 0. The summed E-state index contributed by atoms with van der Waals surface area (Å²) in [5.74, 6) is 0.798. The largest absolute Gasteiger partial charge is 0.491 e. The minimum atomic E-state index is -0.924. The molecule has 0 aliphatic carbocycles. The van der Waals surface area contributed by atoms with Crippen LogP contribution in [0.1, 0.15) is 18.1 Å². The highest BCUT2D eigenvalue weighted by atomic mass is 32.1. The molecule has 2 aromatic rings. The Kier molecular flexibility index (Phi) is 8.97. The highest BCUT2D eigenvalue weighted by molar-refractivity contribution is 7.81. The Morgan fingerprint density at radius 3 is 2.33 bits per heavy atom. The summed E-state index contributed by atoms with van der Waals surface area (Å²) < 4.78 is 16.3. The van der Waals surface area contributed by atoms with Crippen molar-refractivity contribution in [3.05, 3.63) is 60.2 Å². The molecule has 27 heavy (non-hydrogen) atoms. The predicted molar refractivity (Wildman–Crippen MR) is 104 cm³/mol. The van der Waals surface area contributed by atoms with Crippen LogP contribution in [0.3, 0.4) is 0 Å². The van der Waals surface area contributed by atoms with Gasteiger partial charge in [-0.25, -0.2) is 0 Å². The maximum Gasteiger partial charge on any atom is 0.315 e. The van der Waals surface area contributed by atoms with Crippen molar-refractivity contribution in [2.75, 3.05) is 25.6 Å². The summed E-state index contributed by atoms with van der Waals surface area (Å²) in [5, 5.41) is 19.6. The van der Waals surface area contributed by atoms with Crippen molar-refractivity contribution >= 4 is 18.6 Å². The fourth-order valence-corrected chi connectivity index (χ4v) is 2.52.